The van der Waals surface area contributed by atoms with Crippen LogP contribution in [-0.2, 0) is 23.1 Å². The largest absolute Gasteiger partial charge is 0.313 e. The van der Waals surface area contributed by atoms with E-state index < -0.39 is 10.0 Å². The molecule has 0 saturated heterocycles. The van der Waals surface area contributed by atoms with Crippen LogP contribution in [0.1, 0.15) is 12.5 Å². The fourth-order valence-corrected chi connectivity index (χ4v) is 2.86. The molecule has 3 N–H and O–H groups in total. The second kappa shape index (κ2) is 6.64. The van der Waals surface area contributed by atoms with E-state index in [0.29, 0.717) is 18.7 Å². The molecule has 0 aromatic carbocycles. The Balaban J connectivity index is 1.97. The third-order valence-electron chi connectivity index (χ3n) is 2.70. The molecule has 0 aliphatic carbocycles. The van der Waals surface area contributed by atoms with E-state index in [1.54, 1.807) is 23.1 Å². The molecule has 9 heteroatoms. The summed E-state index contributed by atoms with van der Waals surface area (Å²) in [4.78, 5) is 0. The molecule has 0 atom stereocenters. The number of H-pyrrole nitrogens is 1. The Kier molecular flexibility index (Phi) is 4.88. The van der Waals surface area contributed by atoms with Crippen LogP contribution in [-0.4, -0.2) is 41.5 Å². The standard InChI is InChI=1S/C11H18N6O2S/c1-2-12-8-10-9-13-16-11(10)20(18,19)15-5-7-17-6-3-4-14-17/h3-4,6,9,12,15H,2,5,7-8H2,1H3,(H,13,16). The third kappa shape index (κ3) is 3.65. The van der Waals surface area contributed by atoms with Crippen LogP contribution >= 0.6 is 0 Å². The minimum Gasteiger partial charge on any atom is -0.313 e. The highest BCUT2D eigenvalue weighted by molar-refractivity contribution is 7.89. The van der Waals surface area contributed by atoms with Crippen molar-refractivity contribution in [2.75, 3.05) is 13.1 Å². The van der Waals surface area contributed by atoms with Gasteiger partial charge in [-0.2, -0.15) is 10.2 Å². The minimum absolute atomic E-state index is 0.110. The predicted molar refractivity (Wildman–Crippen MR) is 73.4 cm³/mol. The summed E-state index contributed by atoms with van der Waals surface area (Å²) in [5, 5.41) is 13.5. The van der Waals surface area contributed by atoms with Gasteiger partial charge in [0.05, 0.1) is 12.7 Å². The first-order valence-electron chi connectivity index (χ1n) is 6.33. The third-order valence-corrected chi connectivity index (χ3v) is 4.18. The van der Waals surface area contributed by atoms with Crippen LogP contribution in [0.3, 0.4) is 0 Å². The van der Waals surface area contributed by atoms with E-state index in [1.165, 1.54) is 6.20 Å². The van der Waals surface area contributed by atoms with Crippen molar-refractivity contribution in [3.63, 3.8) is 0 Å². The molecule has 20 heavy (non-hydrogen) atoms. The molecule has 0 saturated carbocycles. The van der Waals surface area contributed by atoms with Crippen LogP contribution in [0.5, 0.6) is 0 Å². The van der Waals surface area contributed by atoms with Gasteiger partial charge in [-0.3, -0.25) is 9.78 Å². The molecule has 2 heterocycles. The summed E-state index contributed by atoms with van der Waals surface area (Å²) in [7, 11) is -3.58. The SMILES string of the molecule is CCNCc1cn[nH]c1S(=O)(=O)NCCn1cccn1. The van der Waals surface area contributed by atoms with E-state index >= 15 is 0 Å². The fraction of sp³-hybridized carbons (Fsp3) is 0.455. The summed E-state index contributed by atoms with van der Waals surface area (Å²) in [6.07, 6.45) is 4.95. The number of rotatable bonds is 8. The zero-order chi connectivity index (χ0) is 14.4. The number of nitrogens with zero attached hydrogens (tertiary/aromatic N) is 3. The first kappa shape index (κ1) is 14.7. The Bertz CT molecular complexity index is 619. The summed E-state index contributed by atoms with van der Waals surface area (Å²) in [6.45, 7) is 3.92. The molecule has 8 nitrogen and oxygen atoms in total. The summed E-state index contributed by atoms with van der Waals surface area (Å²) in [5.41, 5.74) is 0.624. The van der Waals surface area contributed by atoms with E-state index in [0.717, 1.165) is 6.54 Å². The predicted octanol–water partition coefficient (Wildman–Crippen LogP) is -0.306. The lowest BCUT2D eigenvalue weighted by Crippen LogP contribution is -2.29. The summed E-state index contributed by atoms with van der Waals surface area (Å²) < 4.78 is 28.5. The zero-order valence-corrected chi connectivity index (χ0v) is 12.0. The van der Waals surface area contributed by atoms with Crippen molar-refractivity contribution in [2.24, 2.45) is 0 Å². The van der Waals surface area contributed by atoms with Crippen molar-refractivity contribution in [3.8, 4) is 0 Å². The Morgan fingerprint density at radius 3 is 3.00 bits per heavy atom. The lowest BCUT2D eigenvalue weighted by atomic mass is 10.3. The number of aromatic amines is 1. The van der Waals surface area contributed by atoms with Crippen LogP contribution in [0, 0.1) is 0 Å². The van der Waals surface area contributed by atoms with Gasteiger partial charge in [0.25, 0.3) is 10.0 Å². The van der Waals surface area contributed by atoms with E-state index in [9.17, 15) is 8.42 Å². The quantitative estimate of drug-likeness (QED) is 0.620. The van der Waals surface area contributed by atoms with Gasteiger partial charge in [0.15, 0.2) is 5.03 Å². The van der Waals surface area contributed by atoms with Gasteiger partial charge in [-0.15, -0.1) is 0 Å². The topological polar surface area (TPSA) is 105 Å². The summed E-state index contributed by atoms with van der Waals surface area (Å²) in [5.74, 6) is 0. The maximum Gasteiger partial charge on any atom is 0.257 e. The van der Waals surface area contributed by atoms with Gasteiger partial charge in [-0.1, -0.05) is 6.92 Å². The van der Waals surface area contributed by atoms with E-state index in [4.69, 9.17) is 0 Å². The van der Waals surface area contributed by atoms with Gasteiger partial charge in [-0.25, -0.2) is 13.1 Å². The molecule has 0 fully saturated rings. The lowest BCUT2D eigenvalue weighted by Gasteiger charge is -2.07. The molecular formula is C11H18N6O2S. The first-order valence-corrected chi connectivity index (χ1v) is 7.82. The average molecular weight is 298 g/mol. The highest BCUT2D eigenvalue weighted by atomic mass is 32.2. The fourth-order valence-electron chi connectivity index (χ4n) is 1.72. The van der Waals surface area contributed by atoms with E-state index in [1.807, 2.05) is 6.92 Å². The van der Waals surface area contributed by atoms with Gasteiger partial charge < -0.3 is 5.32 Å². The van der Waals surface area contributed by atoms with E-state index in [-0.39, 0.29) is 11.6 Å². The zero-order valence-electron chi connectivity index (χ0n) is 11.2. The van der Waals surface area contributed by atoms with Crippen molar-refractivity contribution >= 4 is 10.0 Å². The Morgan fingerprint density at radius 1 is 1.45 bits per heavy atom. The minimum atomic E-state index is -3.58. The lowest BCUT2D eigenvalue weighted by molar-refractivity contribution is 0.555. The summed E-state index contributed by atoms with van der Waals surface area (Å²) in [6, 6.07) is 1.79. The van der Waals surface area contributed by atoms with Crippen molar-refractivity contribution in [2.45, 2.75) is 25.0 Å². The van der Waals surface area contributed by atoms with E-state index in [2.05, 4.69) is 25.3 Å². The van der Waals surface area contributed by atoms with Crippen molar-refractivity contribution in [1.29, 1.82) is 0 Å². The van der Waals surface area contributed by atoms with Crippen LogP contribution in [0.4, 0.5) is 0 Å². The smallest absolute Gasteiger partial charge is 0.257 e. The van der Waals surface area contributed by atoms with Gasteiger partial charge >= 0.3 is 0 Å². The molecule has 0 amide bonds. The van der Waals surface area contributed by atoms with Gasteiger partial charge in [0, 0.05) is 31.0 Å². The van der Waals surface area contributed by atoms with Crippen molar-refractivity contribution < 1.29 is 8.42 Å². The number of hydrogen-bond donors (Lipinski definition) is 3. The van der Waals surface area contributed by atoms with Gasteiger partial charge in [0.1, 0.15) is 0 Å². The van der Waals surface area contributed by atoms with Crippen LogP contribution in [0.15, 0.2) is 29.7 Å². The Labute approximate surface area is 117 Å². The number of aromatic nitrogens is 4. The number of sulfonamides is 1. The monoisotopic (exact) mass is 298 g/mol. The molecule has 2 aromatic rings. The first-order chi connectivity index (χ1) is 9.63. The van der Waals surface area contributed by atoms with Gasteiger partial charge in [-0.05, 0) is 12.6 Å². The highest BCUT2D eigenvalue weighted by Crippen LogP contribution is 2.11. The maximum atomic E-state index is 12.2. The van der Waals surface area contributed by atoms with Crippen LogP contribution in [0.25, 0.3) is 0 Å². The van der Waals surface area contributed by atoms with Gasteiger partial charge in [0.2, 0.25) is 0 Å². The molecule has 0 radical (unpaired) electrons. The average Bonchev–Trinajstić information content (AvgIpc) is 3.07. The maximum absolute atomic E-state index is 12.2. The highest BCUT2D eigenvalue weighted by Gasteiger charge is 2.19. The number of nitrogens with one attached hydrogen (secondary N) is 3. The Morgan fingerprint density at radius 2 is 2.30 bits per heavy atom. The second-order valence-corrected chi connectivity index (χ2v) is 5.88. The molecule has 2 rings (SSSR count). The van der Waals surface area contributed by atoms with Crippen LogP contribution in [0.2, 0.25) is 0 Å². The van der Waals surface area contributed by atoms with Crippen LogP contribution < -0.4 is 10.0 Å². The number of hydrogen-bond acceptors (Lipinski definition) is 5. The molecule has 2 aromatic heterocycles. The molecule has 0 spiro atoms. The van der Waals surface area contributed by atoms with Crippen molar-refractivity contribution in [3.05, 3.63) is 30.2 Å². The second-order valence-electron chi connectivity index (χ2n) is 4.17. The molecule has 110 valence electrons. The molecule has 0 unspecified atom stereocenters. The summed E-state index contributed by atoms with van der Waals surface area (Å²) >= 11 is 0. The van der Waals surface area contributed by atoms with Crippen molar-refractivity contribution in [1.82, 2.24) is 30.0 Å². The molecule has 0 aliphatic rings. The molecular weight excluding hydrogens is 280 g/mol. The molecule has 0 aliphatic heterocycles. The Hall–Kier alpha value is -1.71. The molecule has 0 bridgehead atoms. The normalized spacial score (nSPS) is 11.8.